The van der Waals surface area contributed by atoms with E-state index >= 15 is 0 Å². The number of hydrogen-bond donors (Lipinski definition) is 1. The van der Waals surface area contributed by atoms with Gasteiger partial charge in [-0.05, 0) is 67.6 Å². The Labute approximate surface area is 198 Å². The largest absolute Gasteiger partial charge is 0.309 e. The maximum absolute atomic E-state index is 12.7. The molecule has 3 aromatic carbocycles. The third-order valence-corrected chi connectivity index (χ3v) is 6.35. The Bertz CT molecular complexity index is 1020. The number of carbonyl (C=O) groups is 1. The summed E-state index contributed by atoms with van der Waals surface area (Å²) in [5, 5.41) is 3.77. The van der Waals surface area contributed by atoms with Crippen LogP contribution in [0.25, 0.3) is 11.1 Å². The van der Waals surface area contributed by atoms with Crippen molar-refractivity contribution in [3.8, 4) is 11.1 Å². The number of nitrogens with one attached hydrogen (secondary N) is 1. The molecule has 0 fully saturated rings. The van der Waals surface area contributed by atoms with Gasteiger partial charge < -0.3 is 4.90 Å². The highest BCUT2D eigenvalue weighted by Crippen LogP contribution is 2.37. The molecule has 0 bridgehead atoms. The second-order valence-electron chi connectivity index (χ2n) is 8.94. The number of hydrogen-bond acceptors (Lipinski definition) is 3. The van der Waals surface area contributed by atoms with Crippen molar-refractivity contribution in [1.29, 1.82) is 0 Å². The molecule has 3 nitrogen and oxygen atoms in total. The lowest BCUT2D eigenvalue weighted by molar-refractivity contribution is -0.119. The number of nitrogens with zero attached hydrogens (tertiary/aromatic N) is 1. The van der Waals surface area contributed by atoms with Crippen LogP contribution in [0.3, 0.4) is 0 Å². The van der Waals surface area contributed by atoms with Gasteiger partial charge in [0.05, 0.1) is 6.04 Å². The fourth-order valence-electron chi connectivity index (χ4n) is 4.84. The Morgan fingerprint density at radius 2 is 1.56 bits per heavy atom. The summed E-state index contributed by atoms with van der Waals surface area (Å²) >= 11 is 0. The lowest BCUT2D eigenvalue weighted by Gasteiger charge is -2.38. The minimum atomic E-state index is -0.314. The minimum absolute atomic E-state index is 0. The average molecular weight is 449 g/mol. The molecule has 32 heavy (non-hydrogen) atoms. The van der Waals surface area contributed by atoms with E-state index in [2.05, 4.69) is 97.1 Å². The molecule has 1 aliphatic carbocycles. The number of ketones is 1. The van der Waals surface area contributed by atoms with E-state index in [4.69, 9.17) is 0 Å². The maximum Gasteiger partial charge on any atom is 0.151 e. The first-order valence-corrected chi connectivity index (χ1v) is 11.2. The third kappa shape index (κ3) is 5.47. The van der Waals surface area contributed by atoms with Crippen LogP contribution in [0.4, 0.5) is 0 Å². The molecular weight excluding hydrogens is 416 g/mol. The molecule has 1 N–H and O–H groups in total. The normalized spacial score (nSPS) is 18.5. The van der Waals surface area contributed by atoms with Crippen LogP contribution in [0.1, 0.15) is 42.1 Å². The van der Waals surface area contributed by atoms with Gasteiger partial charge in [-0.2, -0.15) is 0 Å². The van der Waals surface area contributed by atoms with Crippen molar-refractivity contribution in [2.45, 2.75) is 31.8 Å². The Hall–Kier alpha value is -2.46. The van der Waals surface area contributed by atoms with Crippen molar-refractivity contribution >= 4 is 18.2 Å². The number of rotatable bonds is 7. The number of benzene rings is 3. The SMILES string of the molecule is CC(=O)C(NC1c2ccccc2CCC1CN(C)C)c1ccc(-c2ccccc2)cc1.Cl. The predicted molar refractivity (Wildman–Crippen MR) is 135 cm³/mol. The Kier molecular flexibility index (Phi) is 8.25. The van der Waals surface area contributed by atoms with Gasteiger partial charge in [-0.1, -0.05) is 78.9 Å². The maximum atomic E-state index is 12.7. The van der Waals surface area contributed by atoms with E-state index in [1.54, 1.807) is 6.92 Å². The van der Waals surface area contributed by atoms with E-state index in [0.717, 1.165) is 24.9 Å². The van der Waals surface area contributed by atoms with Crippen LogP contribution >= 0.6 is 12.4 Å². The lowest BCUT2D eigenvalue weighted by atomic mass is 9.78. The summed E-state index contributed by atoms with van der Waals surface area (Å²) in [5.41, 5.74) is 6.12. The van der Waals surface area contributed by atoms with Crippen LogP contribution < -0.4 is 5.32 Å². The zero-order chi connectivity index (χ0) is 21.8. The summed E-state index contributed by atoms with van der Waals surface area (Å²) in [6.07, 6.45) is 2.23. The Morgan fingerprint density at radius 1 is 0.938 bits per heavy atom. The van der Waals surface area contributed by atoms with Crippen molar-refractivity contribution < 1.29 is 4.79 Å². The Balaban J connectivity index is 0.00000289. The van der Waals surface area contributed by atoms with Gasteiger partial charge in [0.15, 0.2) is 5.78 Å². The van der Waals surface area contributed by atoms with E-state index in [1.165, 1.54) is 22.3 Å². The van der Waals surface area contributed by atoms with Crippen molar-refractivity contribution in [3.05, 3.63) is 95.6 Å². The average Bonchev–Trinajstić information content (AvgIpc) is 2.78. The van der Waals surface area contributed by atoms with Crippen molar-refractivity contribution in [2.24, 2.45) is 5.92 Å². The quantitative estimate of drug-likeness (QED) is 0.491. The molecule has 4 rings (SSSR count). The van der Waals surface area contributed by atoms with Gasteiger partial charge in [0, 0.05) is 12.6 Å². The second-order valence-corrected chi connectivity index (χ2v) is 8.94. The first-order valence-electron chi connectivity index (χ1n) is 11.2. The van der Waals surface area contributed by atoms with Gasteiger partial charge in [-0.3, -0.25) is 10.1 Å². The van der Waals surface area contributed by atoms with Gasteiger partial charge >= 0.3 is 0 Å². The minimum Gasteiger partial charge on any atom is -0.309 e. The van der Waals surface area contributed by atoms with Crippen molar-refractivity contribution in [2.75, 3.05) is 20.6 Å². The highest BCUT2D eigenvalue weighted by molar-refractivity contribution is 5.85. The van der Waals surface area contributed by atoms with Crippen LogP contribution in [0, 0.1) is 5.92 Å². The summed E-state index contributed by atoms with van der Waals surface area (Å²) < 4.78 is 0. The number of halogens is 1. The molecule has 0 aliphatic heterocycles. The molecule has 3 atom stereocenters. The highest BCUT2D eigenvalue weighted by Gasteiger charge is 2.32. The smallest absolute Gasteiger partial charge is 0.151 e. The van der Waals surface area contributed by atoms with E-state index in [9.17, 15) is 4.79 Å². The van der Waals surface area contributed by atoms with Crippen LogP contribution in [-0.4, -0.2) is 31.3 Å². The van der Waals surface area contributed by atoms with Gasteiger partial charge in [0.2, 0.25) is 0 Å². The number of carbonyl (C=O) groups excluding carboxylic acids is 1. The third-order valence-electron chi connectivity index (χ3n) is 6.35. The molecule has 0 spiro atoms. The Morgan fingerprint density at radius 3 is 2.22 bits per heavy atom. The zero-order valence-corrected chi connectivity index (χ0v) is 19.9. The monoisotopic (exact) mass is 448 g/mol. The molecule has 0 saturated heterocycles. The highest BCUT2D eigenvalue weighted by atomic mass is 35.5. The summed E-state index contributed by atoms with van der Waals surface area (Å²) in [5.74, 6) is 0.620. The fourth-order valence-corrected chi connectivity index (χ4v) is 4.84. The standard InChI is InChI=1S/C28H32N2O.ClH/c1-20(31)27(24-16-13-22(14-17-24)21-9-5-4-6-10-21)29-28-25(19-30(2)3)18-15-23-11-7-8-12-26(23)28;/h4-14,16-17,25,27-29H,15,18-19H2,1-3H3;1H. The van der Waals surface area contributed by atoms with E-state index in [0.29, 0.717) is 5.92 Å². The molecule has 0 heterocycles. The molecule has 0 radical (unpaired) electrons. The van der Waals surface area contributed by atoms with Crippen LogP contribution in [0.5, 0.6) is 0 Å². The fraction of sp³-hybridized carbons (Fsp3) is 0.321. The van der Waals surface area contributed by atoms with Crippen LogP contribution in [-0.2, 0) is 11.2 Å². The van der Waals surface area contributed by atoms with Crippen LogP contribution in [0.15, 0.2) is 78.9 Å². The second kappa shape index (κ2) is 10.9. The topological polar surface area (TPSA) is 32.3 Å². The molecule has 3 unspecified atom stereocenters. The van der Waals surface area contributed by atoms with E-state index in [1.807, 2.05) is 6.07 Å². The summed E-state index contributed by atoms with van der Waals surface area (Å²) in [7, 11) is 4.25. The van der Waals surface area contributed by atoms with Gasteiger partial charge in [-0.25, -0.2) is 0 Å². The van der Waals surface area contributed by atoms with Crippen molar-refractivity contribution in [1.82, 2.24) is 10.2 Å². The van der Waals surface area contributed by atoms with Gasteiger partial charge in [0.1, 0.15) is 0 Å². The van der Waals surface area contributed by atoms with Gasteiger partial charge in [0.25, 0.3) is 0 Å². The summed E-state index contributed by atoms with van der Waals surface area (Å²) in [6, 6.07) is 27.3. The molecule has 0 saturated carbocycles. The molecule has 168 valence electrons. The predicted octanol–water partition coefficient (Wildman–Crippen LogP) is 5.86. The zero-order valence-electron chi connectivity index (χ0n) is 19.1. The molecule has 0 aromatic heterocycles. The lowest BCUT2D eigenvalue weighted by Crippen LogP contribution is -2.41. The molecule has 4 heteroatoms. The summed E-state index contributed by atoms with van der Waals surface area (Å²) in [4.78, 5) is 15.0. The molecule has 3 aromatic rings. The van der Waals surface area contributed by atoms with Crippen LogP contribution in [0.2, 0.25) is 0 Å². The number of aryl methyl sites for hydroxylation is 1. The molecule has 0 amide bonds. The van der Waals surface area contributed by atoms with E-state index < -0.39 is 0 Å². The van der Waals surface area contributed by atoms with Crippen molar-refractivity contribution in [3.63, 3.8) is 0 Å². The van der Waals surface area contributed by atoms with E-state index in [-0.39, 0.29) is 30.3 Å². The molecule has 1 aliphatic rings. The first kappa shape index (κ1) is 24.2. The first-order chi connectivity index (χ1) is 15.0. The number of Topliss-reactive ketones (excluding diaryl/α,β-unsaturated/α-hetero) is 1. The summed E-state index contributed by atoms with van der Waals surface area (Å²) in [6.45, 7) is 2.70. The van der Waals surface area contributed by atoms with Gasteiger partial charge in [-0.15, -0.1) is 12.4 Å². The number of fused-ring (bicyclic) bond motifs is 1. The molecular formula is C28H33ClN2O.